The van der Waals surface area contributed by atoms with Crippen LogP contribution in [0.4, 0.5) is 0 Å². The molecule has 0 radical (unpaired) electrons. The molecule has 0 bridgehead atoms. The number of halogens is 2. The van der Waals surface area contributed by atoms with Gasteiger partial charge in [-0.25, -0.2) is 4.68 Å². The Morgan fingerprint density at radius 1 is 1.22 bits per heavy atom. The van der Waals surface area contributed by atoms with Crippen LogP contribution in [0.2, 0.25) is 10.0 Å². The van der Waals surface area contributed by atoms with Gasteiger partial charge in [-0.05, 0) is 36.6 Å². The van der Waals surface area contributed by atoms with Crippen LogP contribution in [0.25, 0.3) is 0 Å². The normalized spacial score (nSPS) is 21.8. The van der Waals surface area contributed by atoms with Gasteiger partial charge in [-0.1, -0.05) is 35.7 Å². The Balaban J connectivity index is 1.89. The summed E-state index contributed by atoms with van der Waals surface area (Å²) < 4.78 is 7.48. The summed E-state index contributed by atoms with van der Waals surface area (Å²) in [6.07, 6.45) is 4.60. The number of hydrogen-bond donors (Lipinski definition) is 0. The van der Waals surface area contributed by atoms with Crippen molar-refractivity contribution in [3.63, 3.8) is 0 Å². The predicted molar refractivity (Wildman–Crippen MR) is 91.3 cm³/mol. The van der Waals surface area contributed by atoms with Crippen molar-refractivity contribution in [1.29, 1.82) is 0 Å². The van der Waals surface area contributed by atoms with Gasteiger partial charge < -0.3 is 4.74 Å². The number of ether oxygens (including phenoxy) is 1. The van der Waals surface area contributed by atoms with Crippen LogP contribution in [0, 0.1) is 0 Å². The molecule has 3 rings (SSSR count). The van der Waals surface area contributed by atoms with Gasteiger partial charge in [-0.2, -0.15) is 5.10 Å². The molecule has 0 N–H and O–H groups in total. The molecule has 1 saturated heterocycles. The first-order chi connectivity index (χ1) is 11.1. The van der Waals surface area contributed by atoms with E-state index in [0.29, 0.717) is 23.2 Å². The number of hydrogen-bond acceptors (Lipinski definition) is 3. The Bertz CT molecular complexity index is 733. The summed E-state index contributed by atoms with van der Waals surface area (Å²) in [5.41, 5.74) is 0.975. The third-order valence-electron chi connectivity index (χ3n) is 4.20. The SMILES string of the molecule is O=c1cccnn1C[C@H]1OCCCC[C@H]1c1ccc(Cl)c(Cl)c1. The maximum Gasteiger partial charge on any atom is 0.266 e. The molecule has 0 amide bonds. The van der Waals surface area contributed by atoms with E-state index in [1.165, 1.54) is 10.7 Å². The average molecular weight is 353 g/mol. The fraction of sp³-hybridized carbons (Fsp3) is 0.412. The summed E-state index contributed by atoms with van der Waals surface area (Å²) in [4.78, 5) is 11.9. The van der Waals surface area contributed by atoms with E-state index in [0.717, 1.165) is 24.8 Å². The third-order valence-corrected chi connectivity index (χ3v) is 4.94. The Morgan fingerprint density at radius 3 is 2.87 bits per heavy atom. The summed E-state index contributed by atoms with van der Waals surface area (Å²) >= 11 is 12.2. The lowest BCUT2D eigenvalue weighted by Crippen LogP contribution is -2.33. The molecule has 1 aliphatic heterocycles. The summed E-state index contributed by atoms with van der Waals surface area (Å²) in [6, 6.07) is 8.86. The standard InChI is InChI=1S/C17H18Cl2N2O2/c18-14-7-6-12(10-15(14)19)13-4-1-2-9-23-16(13)11-21-17(22)5-3-8-20-21/h3,5-8,10,13,16H,1-2,4,9,11H2/t13-,16+/m0/s1. The van der Waals surface area contributed by atoms with E-state index in [1.54, 1.807) is 12.3 Å². The summed E-state index contributed by atoms with van der Waals surface area (Å²) in [6.45, 7) is 1.13. The van der Waals surface area contributed by atoms with E-state index in [-0.39, 0.29) is 17.6 Å². The molecule has 0 unspecified atom stereocenters. The second kappa shape index (κ2) is 7.47. The van der Waals surface area contributed by atoms with Crippen LogP contribution >= 0.6 is 23.2 Å². The molecule has 0 saturated carbocycles. The Kier molecular flexibility index (Phi) is 5.36. The van der Waals surface area contributed by atoms with E-state index in [4.69, 9.17) is 27.9 Å². The smallest absolute Gasteiger partial charge is 0.266 e. The first kappa shape index (κ1) is 16.5. The molecule has 4 nitrogen and oxygen atoms in total. The van der Waals surface area contributed by atoms with Gasteiger partial charge in [-0.15, -0.1) is 0 Å². The van der Waals surface area contributed by atoms with Crippen molar-refractivity contribution in [3.05, 3.63) is 62.5 Å². The van der Waals surface area contributed by atoms with Crippen molar-refractivity contribution < 1.29 is 4.74 Å². The second-order valence-corrected chi connectivity index (χ2v) is 6.54. The average Bonchev–Trinajstić information content (AvgIpc) is 2.78. The molecule has 1 aromatic carbocycles. The van der Waals surface area contributed by atoms with Crippen LogP contribution in [0.3, 0.4) is 0 Å². The van der Waals surface area contributed by atoms with Crippen molar-refractivity contribution in [1.82, 2.24) is 9.78 Å². The van der Waals surface area contributed by atoms with Crippen LogP contribution in [0.5, 0.6) is 0 Å². The molecule has 2 atom stereocenters. The molecular weight excluding hydrogens is 335 g/mol. The lowest BCUT2D eigenvalue weighted by Gasteiger charge is -2.25. The Labute approximate surface area is 145 Å². The van der Waals surface area contributed by atoms with Crippen LogP contribution in [0.15, 0.2) is 41.3 Å². The molecular formula is C17H18Cl2N2O2. The van der Waals surface area contributed by atoms with Gasteiger partial charge in [0.1, 0.15) is 0 Å². The Hall–Kier alpha value is -1.36. The van der Waals surface area contributed by atoms with Crippen LogP contribution in [-0.2, 0) is 11.3 Å². The van der Waals surface area contributed by atoms with Gasteiger partial charge in [0.2, 0.25) is 0 Å². The zero-order chi connectivity index (χ0) is 16.2. The van der Waals surface area contributed by atoms with E-state index >= 15 is 0 Å². The van der Waals surface area contributed by atoms with Gasteiger partial charge in [-0.3, -0.25) is 4.79 Å². The number of rotatable bonds is 3. The highest BCUT2D eigenvalue weighted by molar-refractivity contribution is 6.42. The monoisotopic (exact) mass is 352 g/mol. The minimum atomic E-state index is -0.117. The van der Waals surface area contributed by atoms with E-state index in [9.17, 15) is 4.79 Å². The molecule has 23 heavy (non-hydrogen) atoms. The van der Waals surface area contributed by atoms with Crippen molar-refractivity contribution in [2.24, 2.45) is 0 Å². The zero-order valence-electron chi connectivity index (χ0n) is 12.6. The minimum absolute atomic E-state index is 0.109. The van der Waals surface area contributed by atoms with E-state index in [1.807, 2.05) is 18.2 Å². The Morgan fingerprint density at radius 2 is 2.09 bits per heavy atom. The van der Waals surface area contributed by atoms with Gasteiger partial charge >= 0.3 is 0 Å². The number of nitrogens with zero attached hydrogens (tertiary/aromatic N) is 2. The molecule has 2 aromatic rings. The third kappa shape index (κ3) is 3.94. The largest absolute Gasteiger partial charge is 0.376 e. The quantitative estimate of drug-likeness (QED) is 0.841. The summed E-state index contributed by atoms with van der Waals surface area (Å²) in [5, 5.41) is 5.23. The second-order valence-electron chi connectivity index (χ2n) is 5.73. The van der Waals surface area contributed by atoms with E-state index in [2.05, 4.69) is 5.10 Å². The highest BCUT2D eigenvalue weighted by Gasteiger charge is 2.27. The van der Waals surface area contributed by atoms with E-state index < -0.39 is 0 Å². The van der Waals surface area contributed by atoms with Crippen molar-refractivity contribution in [3.8, 4) is 0 Å². The molecule has 2 heterocycles. The van der Waals surface area contributed by atoms with Crippen LogP contribution in [-0.4, -0.2) is 22.5 Å². The first-order valence-corrected chi connectivity index (χ1v) is 8.49. The summed E-state index contributed by atoms with van der Waals surface area (Å²) in [7, 11) is 0. The zero-order valence-corrected chi connectivity index (χ0v) is 14.1. The highest BCUT2D eigenvalue weighted by Crippen LogP contribution is 2.34. The maximum absolute atomic E-state index is 11.9. The number of aromatic nitrogens is 2. The molecule has 6 heteroatoms. The topological polar surface area (TPSA) is 44.1 Å². The molecule has 1 aliphatic rings. The fourth-order valence-electron chi connectivity index (χ4n) is 3.00. The molecule has 1 fully saturated rings. The van der Waals surface area contributed by atoms with Gasteiger partial charge in [0, 0.05) is 24.8 Å². The highest BCUT2D eigenvalue weighted by atomic mass is 35.5. The fourth-order valence-corrected chi connectivity index (χ4v) is 3.31. The molecule has 0 aliphatic carbocycles. The van der Waals surface area contributed by atoms with Crippen LogP contribution < -0.4 is 5.56 Å². The lowest BCUT2D eigenvalue weighted by molar-refractivity contribution is 0.0306. The van der Waals surface area contributed by atoms with Crippen LogP contribution in [0.1, 0.15) is 30.7 Å². The van der Waals surface area contributed by atoms with Gasteiger partial charge in [0.25, 0.3) is 5.56 Å². The summed E-state index contributed by atoms with van der Waals surface area (Å²) in [5.74, 6) is 0.168. The first-order valence-electron chi connectivity index (χ1n) is 7.74. The van der Waals surface area contributed by atoms with Gasteiger partial charge in [0.05, 0.1) is 22.7 Å². The minimum Gasteiger partial charge on any atom is -0.376 e. The van der Waals surface area contributed by atoms with Crippen molar-refractivity contribution >= 4 is 23.2 Å². The maximum atomic E-state index is 11.9. The van der Waals surface area contributed by atoms with Crippen molar-refractivity contribution in [2.45, 2.75) is 37.8 Å². The molecule has 122 valence electrons. The predicted octanol–water partition coefficient (Wildman–Crippen LogP) is 3.90. The molecule has 1 aromatic heterocycles. The van der Waals surface area contributed by atoms with Crippen molar-refractivity contribution in [2.75, 3.05) is 6.61 Å². The lowest BCUT2D eigenvalue weighted by atomic mass is 9.89. The number of benzene rings is 1. The van der Waals surface area contributed by atoms with Gasteiger partial charge in [0.15, 0.2) is 0 Å². The molecule has 0 spiro atoms.